The molecule has 0 radical (unpaired) electrons. The number of aliphatic hydroxyl groups excluding tert-OH is 1. The number of rotatable bonds is 2. The smallest absolute Gasteiger partial charge is 0.251 e. The molecule has 5 heteroatoms. The van der Waals surface area contributed by atoms with Gasteiger partial charge < -0.3 is 15.2 Å². The molecule has 4 nitrogen and oxygen atoms in total. The van der Waals surface area contributed by atoms with E-state index in [4.69, 9.17) is 9.84 Å². The fraction of sp³-hybridized carbons (Fsp3) is 0.400. The molecule has 1 atom stereocenters. The molecule has 2 N–H and O–H groups in total. The van der Waals surface area contributed by atoms with Crippen LogP contribution in [0.15, 0.2) is 18.2 Å². The van der Waals surface area contributed by atoms with Crippen LogP contribution in [0.4, 0.5) is 4.39 Å². The number of halogens is 1. The van der Waals surface area contributed by atoms with Crippen LogP contribution in [0, 0.1) is 17.7 Å². The molecule has 0 aliphatic carbocycles. The standard InChI is InChI=1S/C15H16FNO3/c1-15(6-8-20-10-15)17-14(19)12-5-4-11(3-2-7-18)13(16)9-12/h4-5,9,18H,6-8,10H2,1H3,(H,17,19). The highest BCUT2D eigenvalue weighted by molar-refractivity contribution is 5.94. The van der Waals surface area contributed by atoms with Gasteiger partial charge in [-0.3, -0.25) is 4.79 Å². The van der Waals surface area contributed by atoms with Crippen LogP contribution in [0.3, 0.4) is 0 Å². The van der Waals surface area contributed by atoms with E-state index in [0.29, 0.717) is 13.2 Å². The quantitative estimate of drug-likeness (QED) is 0.795. The zero-order valence-corrected chi connectivity index (χ0v) is 11.2. The van der Waals surface area contributed by atoms with Crippen molar-refractivity contribution in [2.24, 2.45) is 0 Å². The molecule has 1 amide bonds. The summed E-state index contributed by atoms with van der Waals surface area (Å²) in [6, 6.07) is 4.09. The number of amides is 1. The molecule has 1 aliphatic heterocycles. The van der Waals surface area contributed by atoms with Crippen molar-refractivity contribution >= 4 is 5.91 Å². The third kappa shape index (κ3) is 3.35. The SMILES string of the molecule is CC1(NC(=O)c2ccc(C#CCO)c(F)c2)CCOC1. The lowest BCUT2D eigenvalue weighted by molar-refractivity contribution is 0.0889. The molecule has 1 heterocycles. The zero-order chi connectivity index (χ0) is 14.6. The number of nitrogens with one attached hydrogen (secondary N) is 1. The molecule has 106 valence electrons. The average molecular weight is 277 g/mol. The molecule has 1 aromatic rings. The first-order valence-corrected chi connectivity index (χ1v) is 6.34. The maximum atomic E-state index is 13.8. The maximum Gasteiger partial charge on any atom is 0.251 e. The highest BCUT2D eigenvalue weighted by atomic mass is 19.1. The Bertz CT molecular complexity index is 568. The van der Waals surface area contributed by atoms with Crippen molar-refractivity contribution in [2.75, 3.05) is 19.8 Å². The summed E-state index contributed by atoms with van der Waals surface area (Å²) < 4.78 is 19.0. The van der Waals surface area contributed by atoms with E-state index in [1.54, 1.807) is 0 Å². The maximum absolute atomic E-state index is 13.8. The summed E-state index contributed by atoms with van der Waals surface area (Å²) in [5.74, 6) is 3.94. The summed E-state index contributed by atoms with van der Waals surface area (Å²) in [4.78, 5) is 12.1. The van der Waals surface area contributed by atoms with Crippen molar-refractivity contribution in [3.05, 3.63) is 35.1 Å². The van der Waals surface area contributed by atoms with E-state index in [0.717, 1.165) is 12.5 Å². The lowest BCUT2D eigenvalue weighted by atomic mass is 10.0. The summed E-state index contributed by atoms with van der Waals surface area (Å²) in [5.41, 5.74) is -0.000631. The van der Waals surface area contributed by atoms with Gasteiger partial charge in [-0.05, 0) is 31.5 Å². The Morgan fingerprint density at radius 1 is 1.60 bits per heavy atom. The van der Waals surface area contributed by atoms with Crippen molar-refractivity contribution in [2.45, 2.75) is 18.9 Å². The summed E-state index contributed by atoms with van der Waals surface area (Å²) >= 11 is 0. The van der Waals surface area contributed by atoms with Crippen LogP contribution in [0.5, 0.6) is 0 Å². The number of carbonyl (C=O) groups excluding carboxylic acids is 1. The molecule has 0 spiro atoms. The molecule has 0 saturated carbocycles. The van der Waals surface area contributed by atoms with Crippen LogP contribution in [0.1, 0.15) is 29.3 Å². The van der Waals surface area contributed by atoms with E-state index in [-0.39, 0.29) is 23.6 Å². The van der Waals surface area contributed by atoms with E-state index < -0.39 is 11.4 Å². The van der Waals surface area contributed by atoms with Gasteiger partial charge in [-0.15, -0.1) is 0 Å². The minimum Gasteiger partial charge on any atom is -0.384 e. The van der Waals surface area contributed by atoms with Gasteiger partial charge in [0.2, 0.25) is 0 Å². The molecular formula is C15H16FNO3. The summed E-state index contributed by atoms with van der Waals surface area (Å²) in [6.45, 7) is 2.64. The summed E-state index contributed by atoms with van der Waals surface area (Å²) in [7, 11) is 0. The summed E-state index contributed by atoms with van der Waals surface area (Å²) in [5, 5.41) is 11.4. The van der Waals surface area contributed by atoms with Gasteiger partial charge in [0, 0.05) is 12.2 Å². The van der Waals surface area contributed by atoms with E-state index in [2.05, 4.69) is 17.2 Å². The molecular weight excluding hydrogens is 261 g/mol. The third-order valence-electron chi connectivity index (χ3n) is 3.17. The van der Waals surface area contributed by atoms with E-state index in [1.807, 2.05) is 6.92 Å². The van der Waals surface area contributed by atoms with Crippen molar-refractivity contribution in [3.63, 3.8) is 0 Å². The predicted molar refractivity (Wildman–Crippen MR) is 71.7 cm³/mol. The van der Waals surface area contributed by atoms with Gasteiger partial charge in [-0.1, -0.05) is 11.8 Å². The van der Waals surface area contributed by atoms with E-state index in [1.165, 1.54) is 12.1 Å². The molecule has 0 aromatic heterocycles. The number of aliphatic hydroxyl groups is 1. The van der Waals surface area contributed by atoms with Gasteiger partial charge in [0.1, 0.15) is 12.4 Å². The van der Waals surface area contributed by atoms with Crippen molar-refractivity contribution in [1.29, 1.82) is 0 Å². The molecule has 0 bridgehead atoms. The lowest BCUT2D eigenvalue weighted by Gasteiger charge is -2.23. The highest BCUT2D eigenvalue weighted by Gasteiger charge is 2.31. The number of hydrogen-bond acceptors (Lipinski definition) is 3. The first-order valence-electron chi connectivity index (χ1n) is 6.34. The normalized spacial score (nSPS) is 21.1. The van der Waals surface area contributed by atoms with Crippen LogP contribution in [-0.2, 0) is 4.74 Å². The minimum absolute atomic E-state index is 0.158. The zero-order valence-electron chi connectivity index (χ0n) is 11.2. The Balaban J connectivity index is 2.13. The Morgan fingerprint density at radius 2 is 2.40 bits per heavy atom. The highest BCUT2D eigenvalue weighted by Crippen LogP contribution is 2.18. The monoisotopic (exact) mass is 277 g/mol. The van der Waals surface area contributed by atoms with Crippen molar-refractivity contribution in [3.8, 4) is 11.8 Å². The minimum atomic E-state index is -0.577. The van der Waals surface area contributed by atoms with E-state index >= 15 is 0 Å². The van der Waals surface area contributed by atoms with Crippen LogP contribution in [-0.4, -0.2) is 36.4 Å². The van der Waals surface area contributed by atoms with Crippen LogP contribution < -0.4 is 5.32 Å². The van der Waals surface area contributed by atoms with Gasteiger partial charge in [0.15, 0.2) is 0 Å². The van der Waals surface area contributed by atoms with Crippen LogP contribution in [0.25, 0.3) is 0 Å². The second kappa shape index (κ2) is 6.04. The van der Waals surface area contributed by atoms with Gasteiger partial charge >= 0.3 is 0 Å². The molecule has 2 rings (SSSR count). The van der Waals surface area contributed by atoms with E-state index in [9.17, 15) is 9.18 Å². The second-order valence-electron chi connectivity index (χ2n) is 4.97. The predicted octanol–water partition coefficient (Wildman–Crippen LogP) is 1.08. The first kappa shape index (κ1) is 14.5. The molecule has 20 heavy (non-hydrogen) atoms. The molecule has 1 unspecified atom stereocenters. The van der Waals surface area contributed by atoms with Gasteiger partial charge in [0.05, 0.1) is 17.7 Å². The Hall–Kier alpha value is -1.90. The lowest BCUT2D eigenvalue weighted by Crippen LogP contribution is -2.46. The largest absolute Gasteiger partial charge is 0.384 e. The molecule has 1 saturated heterocycles. The molecule has 1 aromatic carbocycles. The van der Waals surface area contributed by atoms with Crippen LogP contribution >= 0.6 is 0 Å². The van der Waals surface area contributed by atoms with Crippen LogP contribution in [0.2, 0.25) is 0 Å². The topological polar surface area (TPSA) is 58.6 Å². The van der Waals surface area contributed by atoms with Gasteiger partial charge in [0.25, 0.3) is 5.91 Å². The number of hydrogen-bond donors (Lipinski definition) is 2. The summed E-state index contributed by atoms with van der Waals surface area (Å²) in [6.07, 6.45) is 0.737. The molecule has 1 aliphatic rings. The Kier molecular flexibility index (Phi) is 4.38. The Morgan fingerprint density at radius 3 is 3.00 bits per heavy atom. The number of carbonyl (C=O) groups is 1. The molecule has 1 fully saturated rings. The van der Waals surface area contributed by atoms with Crippen molar-refractivity contribution in [1.82, 2.24) is 5.32 Å². The fourth-order valence-electron chi connectivity index (χ4n) is 2.00. The Labute approximate surface area is 116 Å². The number of benzene rings is 1. The average Bonchev–Trinajstić information content (AvgIpc) is 2.83. The van der Waals surface area contributed by atoms with Gasteiger partial charge in [-0.25, -0.2) is 4.39 Å². The first-order chi connectivity index (χ1) is 9.54. The fourth-order valence-corrected chi connectivity index (χ4v) is 2.00. The van der Waals surface area contributed by atoms with Crippen molar-refractivity contribution < 1.29 is 19.0 Å². The van der Waals surface area contributed by atoms with Gasteiger partial charge in [-0.2, -0.15) is 0 Å². The number of ether oxygens (including phenoxy) is 1. The third-order valence-corrected chi connectivity index (χ3v) is 3.17. The second-order valence-corrected chi connectivity index (χ2v) is 4.97.